The molecule has 5 rings (SSSR count). The van der Waals surface area contributed by atoms with Crippen LogP contribution in [0.2, 0.25) is 0 Å². The minimum Gasteiger partial charge on any atom is -0.322 e. The fourth-order valence-corrected chi connectivity index (χ4v) is 5.31. The molecule has 0 atom stereocenters. The lowest BCUT2D eigenvalue weighted by Crippen LogP contribution is -2.15. The van der Waals surface area contributed by atoms with Crippen LogP contribution in [0.3, 0.4) is 0 Å². The van der Waals surface area contributed by atoms with Crippen molar-refractivity contribution < 1.29 is 18.1 Å². The number of fused-ring (bicyclic) bond motifs is 1. The molecule has 0 bridgehead atoms. The molecule has 0 unspecified atom stereocenters. The first-order valence-corrected chi connectivity index (χ1v) is 13.7. The van der Waals surface area contributed by atoms with Crippen LogP contribution in [-0.2, 0) is 14.8 Å². The summed E-state index contributed by atoms with van der Waals surface area (Å²) >= 11 is 0. The molecular formula is C31H23N3O5S. The van der Waals surface area contributed by atoms with Crippen LogP contribution >= 0.6 is 0 Å². The quantitative estimate of drug-likeness (QED) is 0.0963. The second kappa shape index (κ2) is 11.2. The Hall–Kier alpha value is -5.28. The maximum Gasteiger partial charge on any atom is 0.270 e. The van der Waals surface area contributed by atoms with Crippen molar-refractivity contribution in [2.24, 2.45) is 0 Å². The van der Waals surface area contributed by atoms with Gasteiger partial charge in [0.05, 0.1) is 15.5 Å². The molecule has 2 N–H and O–H groups in total. The average Bonchev–Trinajstić information content (AvgIpc) is 2.97. The summed E-state index contributed by atoms with van der Waals surface area (Å²) in [5.74, 6) is -0.456. The summed E-state index contributed by atoms with van der Waals surface area (Å²) in [5.41, 5.74) is 2.16. The Labute approximate surface area is 230 Å². The van der Waals surface area contributed by atoms with Gasteiger partial charge in [-0.05, 0) is 52.9 Å². The SMILES string of the molecule is O=C(Nc1ccc(S(=O)(=O)Nc2cccc3ccccc23)cc1)/C(=C/c1cccc([N+](=O)[O-])c1)c1ccccc1. The van der Waals surface area contributed by atoms with E-state index in [1.54, 1.807) is 54.6 Å². The molecule has 0 fully saturated rings. The standard InChI is InChI=1S/C31H23N3O5S/c35-31(29(24-9-2-1-3-10-24)21-22-8-6-13-26(20-22)34(36)37)32-25-16-18-27(19-17-25)40(38,39)33-30-15-7-12-23-11-4-5-14-28(23)30/h1-21,33H,(H,32,35)/b29-21+. The van der Waals surface area contributed by atoms with E-state index in [2.05, 4.69) is 10.0 Å². The number of benzene rings is 5. The van der Waals surface area contributed by atoms with Crippen molar-refractivity contribution in [3.8, 4) is 0 Å². The number of amides is 1. The fourth-order valence-electron chi connectivity index (χ4n) is 4.23. The Kier molecular flexibility index (Phi) is 7.39. The minimum atomic E-state index is -3.89. The van der Waals surface area contributed by atoms with Gasteiger partial charge in [0.1, 0.15) is 0 Å². The summed E-state index contributed by atoms with van der Waals surface area (Å²) < 4.78 is 28.8. The number of carbonyl (C=O) groups excluding carboxylic acids is 1. The molecule has 1 amide bonds. The number of nitrogens with zero attached hydrogens (tertiary/aromatic N) is 1. The molecule has 0 saturated heterocycles. The topological polar surface area (TPSA) is 118 Å². The van der Waals surface area contributed by atoms with Gasteiger partial charge in [0.2, 0.25) is 0 Å². The molecule has 0 radical (unpaired) electrons. The largest absolute Gasteiger partial charge is 0.322 e. The monoisotopic (exact) mass is 549 g/mol. The van der Waals surface area contributed by atoms with Crippen LogP contribution in [0.4, 0.5) is 17.1 Å². The zero-order valence-corrected chi connectivity index (χ0v) is 21.8. The van der Waals surface area contributed by atoms with Crippen molar-refractivity contribution in [2.75, 3.05) is 10.0 Å². The summed E-state index contributed by atoms with van der Waals surface area (Å²) in [6.07, 6.45) is 1.57. The van der Waals surface area contributed by atoms with Gasteiger partial charge >= 0.3 is 0 Å². The maximum absolute atomic E-state index is 13.3. The van der Waals surface area contributed by atoms with Crippen LogP contribution in [0, 0.1) is 10.1 Å². The number of nitrogens with one attached hydrogen (secondary N) is 2. The Morgan fingerprint density at radius 2 is 1.45 bits per heavy atom. The highest BCUT2D eigenvalue weighted by molar-refractivity contribution is 7.92. The summed E-state index contributed by atoms with van der Waals surface area (Å²) in [4.78, 5) is 24.1. The fraction of sp³-hybridized carbons (Fsp3) is 0. The normalized spacial score (nSPS) is 11.7. The van der Waals surface area contributed by atoms with Gasteiger partial charge in [-0.25, -0.2) is 8.42 Å². The first kappa shape index (κ1) is 26.3. The predicted octanol–water partition coefficient (Wildman–Crippen LogP) is 6.73. The lowest BCUT2D eigenvalue weighted by atomic mass is 10.0. The summed E-state index contributed by atoms with van der Waals surface area (Å²) in [6, 6.07) is 33.6. The van der Waals surface area contributed by atoms with E-state index >= 15 is 0 Å². The Bertz CT molecular complexity index is 1850. The van der Waals surface area contributed by atoms with E-state index in [1.807, 2.05) is 36.4 Å². The number of hydrogen-bond acceptors (Lipinski definition) is 5. The Balaban J connectivity index is 1.39. The van der Waals surface area contributed by atoms with Crippen molar-refractivity contribution in [2.45, 2.75) is 4.90 Å². The highest BCUT2D eigenvalue weighted by Gasteiger charge is 2.17. The minimum absolute atomic E-state index is 0.0360. The van der Waals surface area contributed by atoms with Gasteiger partial charge in [0.25, 0.3) is 21.6 Å². The molecule has 5 aromatic rings. The number of carbonyl (C=O) groups is 1. The van der Waals surface area contributed by atoms with Crippen LogP contribution in [0.5, 0.6) is 0 Å². The molecule has 9 heteroatoms. The van der Waals surface area contributed by atoms with Crippen molar-refractivity contribution in [1.29, 1.82) is 0 Å². The van der Waals surface area contributed by atoms with Gasteiger partial charge in [-0.15, -0.1) is 0 Å². The zero-order valence-electron chi connectivity index (χ0n) is 21.0. The molecule has 8 nitrogen and oxygen atoms in total. The van der Waals surface area contributed by atoms with Crippen LogP contribution in [-0.4, -0.2) is 19.2 Å². The van der Waals surface area contributed by atoms with Crippen molar-refractivity contribution in [1.82, 2.24) is 0 Å². The molecule has 0 aliphatic rings. The van der Waals surface area contributed by atoms with Crippen LogP contribution in [0.25, 0.3) is 22.4 Å². The molecule has 40 heavy (non-hydrogen) atoms. The van der Waals surface area contributed by atoms with E-state index in [4.69, 9.17) is 0 Å². The van der Waals surface area contributed by atoms with Gasteiger partial charge in [0.15, 0.2) is 0 Å². The van der Waals surface area contributed by atoms with Crippen LogP contribution < -0.4 is 10.0 Å². The molecule has 0 saturated carbocycles. The molecular weight excluding hydrogens is 526 g/mol. The first-order chi connectivity index (χ1) is 19.3. The van der Waals surface area contributed by atoms with Crippen molar-refractivity contribution in [3.63, 3.8) is 0 Å². The van der Waals surface area contributed by atoms with E-state index < -0.39 is 20.9 Å². The van der Waals surface area contributed by atoms with Gasteiger partial charge in [-0.2, -0.15) is 0 Å². The van der Waals surface area contributed by atoms with Crippen molar-refractivity contribution >= 4 is 55.4 Å². The summed E-state index contributed by atoms with van der Waals surface area (Å²) in [5, 5.41) is 15.7. The maximum atomic E-state index is 13.3. The molecule has 0 aliphatic carbocycles. The van der Waals surface area contributed by atoms with Gasteiger partial charge in [0, 0.05) is 28.8 Å². The molecule has 0 aromatic heterocycles. The third-order valence-electron chi connectivity index (χ3n) is 6.18. The Morgan fingerprint density at radius 3 is 2.20 bits per heavy atom. The third-order valence-corrected chi connectivity index (χ3v) is 7.56. The number of sulfonamides is 1. The molecule has 5 aromatic carbocycles. The highest BCUT2D eigenvalue weighted by atomic mass is 32.2. The zero-order chi connectivity index (χ0) is 28.1. The predicted molar refractivity (Wildman–Crippen MR) is 157 cm³/mol. The van der Waals surface area contributed by atoms with Crippen LogP contribution in [0.1, 0.15) is 11.1 Å². The van der Waals surface area contributed by atoms with Gasteiger partial charge < -0.3 is 5.32 Å². The average molecular weight is 550 g/mol. The molecule has 0 heterocycles. The second-order valence-electron chi connectivity index (χ2n) is 8.89. The van der Waals surface area contributed by atoms with E-state index in [0.717, 1.165) is 10.8 Å². The van der Waals surface area contributed by atoms with E-state index in [-0.39, 0.29) is 16.2 Å². The highest BCUT2D eigenvalue weighted by Crippen LogP contribution is 2.27. The number of rotatable bonds is 8. The molecule has 198 valence electrons. The number of nitro groups is 1. The first-order valence-electron chi connectivity index (χ1n) is 12.2. The van der Waals surface area contributed by atoms with E-state index in [9.17, 15) is 23.3 Å². The van der Waals surface area contributed by atoms with Gasteiger partial charge in [-0.1, -0.05) is 78.9 Å². The third kappa shape index (κ3) is 5.90. The molecule has 0 spiro atoms. The van der Waals surface area contributed by atoms with E-state index in [0.29, 0.717) is 22.5 Å². The van der Waals surface area contributed by atoms with Gasteiger partial charge in [-0.3, -0.25) is 19.6 Å². The summed E-state index contributed by atoms with van der Waals surface area (Å²) in [6.45, 7) is 0. The lowest BCUT2D eigenvalue weighted by Gasteiger charge is -2.12. The smallest absolute Gasteiger partial charge is 0.270 e. The summed E-state index contributed by atoms with van der Waals surface area (Å²) in [7, 11) is -3.89. The lowest BCUT2D eigenvalue weighted by molar-refractivity contribution is -0.384. The van der Waals surface area contributed by atoms with Crippen molar-refractivity contribution in [3.05, 3.63) is 143 Å². The number of hydrogen-bond donors (Lipinski definition) is 2. The number of non-ortho nitro benzene ring substituents is 1. The second-order valence-corrected chi connectivity index (χ2v) is 10.6. The van der Waals surface area contributed by atoms with E-state index in [1.165, 1.54) is 36.4 Å². The Morgan fingerprint density at radius 1 is 0.775 bits per heavy atom. The van der Waals surface area contributed by atoms with Crippen LogP contribution in [0.15, 0.2) is 126 Å². The number of nitro benzene ring substituents is 1. The molecule has 0 aliphatic heterocycles. The number of anilines is 2.